The van der Waals surface area contributed by atoms with Gasteiger partial charge in [-0.05, 0) is 35.2 Å². The number of fused-ring (bicyclic) bond motifs is 1. The molecule has 1 fully saturated rings. The van der Waals surface area contributed by atoms with Crippen LogP contribution in [0.5, 0.6) is 0 Å². The molecule has 6 nitrogen and oxygen atoms in total. The van der Waals surface area contributed by atoms with Crippen LogP contribution in [0.2, 0.25) is 0 Å². The van der Waals surface area contributed by atoms with Gasteiger partial charge in [-0.2, -0.15) is 13.2 Å². The van der Waals surface area contributed by atoms with Crippen LogP contribution in [-0.2, 0) is 17.5 Å². The summed E-state index contributed by atoms with van der Waals surface area (Å²) in [5.41, 5.74) is 1.91. The third kappa shape index (κ3) is 5.41. The summed E-state index contributed by atoms with van der Waals surface area (Å²) in [5.74, 6) is 0. The number of alkyl halides is 3. The van der Waals surface area contributed by atoms with E-state index in [-0.39, 0.29) is 18.6 Å². The number of rotatable bonds is 6. The average Bonchev–Trinajstić information content (AvgIpc) is 3.21. The van der Waals surface area contributed by atoms with Crippen molar-refractivity contribution in [3.8, 4) is 0 Å². The van der Waals surface area contributed by atoms with Crippen molar-refractivity contribution >= 4 is 16.9 Å². The van der Waals surface area contributed by atoms with Crippen LogP contribution in [-0.4, -0.2) is 48.8 Å². The summed E-state index contributed by atoms with van der Waals surface area (Å²) in [6.45, 7) is 2.98. The van der Waals surface area contributed by atoms with Gasteiger partial charge in [0, 0.05) is 30.8 Å². The van der Waals surface area contributed by atoms with E-state index in [0.717, 1.165) is 34.3 Å². The van der Waals surface area contributed by atoms with Crippen LogP contribution in [0.3, 0.4) is 0 Å². The molecule has 0 aliphatic carbocycles. The van der Waals surface area contributed by atoms with Crippen molar-refractivity contribution < 1.29 is 22.7 Å². The van der Waals surface area contributed by atoms with Crippen LogP contribution in [0, 0.1) is 0 Å². The van der Waals surface area contributed by atoms with Gasteiger partial charge in [0.1, 0.15) is 0 Å². The fourth-order valence-electron chi connectivity index (χ4n) is 3.90. The first-order valence-corrected chi connectivity index (χ1v) is 10.5. The number of carbonyl (C=O) groups is 1. The Labute approximate surface area is 183 Å². The molecule has 2 aromatic carbocycles. The largest absolute Gasteiger partial charge is 0.416 e. The van der Waals surface area contributed by atoms with E-state index in [1.54, 1.807) is 0 Å². The van der Waals surface area contributed by atoms with E-state index < -0.39 is 11.7 Å². The van der Waals surface area contributed by atoms with Gasteiger partial charge in [-0.25, -0.2) is 4.79 Å². The smallest absolute Gasteiger partial charge is 0.379 e. The lowest BCUT2D eigenvalue weighted by Gasteiger charge is -2.35. The SMILES string of the molecule is O=C(NCc1cc2ccccc2[nH]1)NCC(c1ccc(C(F)(F)F)cc1)N1CCOCC1. The molecule has 4 rings (SSSR count). The number of ether oxygens (including phenoxy) is 1. The zero-order valence-corrected chi connectivity index (χ0v) is 17.4. The minimum absolute atomic E-state index is 0.250. The standard InChI is InChI=1S/C23H25F3N4O2/c24-23(25,26)18-7-5-16(6-8-18)21(30-9-11-32-12-10-30)15-28-22(31)27-14-19-13-17-3-1-2-4-20(17)29-19/h1-8,13,21,29H,9-12,14-15H2,(H2,27,28,31). The number of urea groups is 1. The van der Waals surface area contributed by atoms with Crippen molar-refractivity contribution in [2.24, 2.45) is 0 Å². The first-order chi connectivity index (χ1) is 15.4. The molecule has 1 atom stereocenters. The Hall–Kier alpha value is -3.04. The topological polar surface area (TPSA) is 69.4 Å². The van der Waals surface area contributed by atoms with Crippen LogP contribution in [0.4, 0.5) is 18.0 Å². The van der Waals surface area contributed by atoms with Gasteiger partial charge in [0.2, 0.25) is 0 Å². The quantitative estimate of drug-likeness (QED) is 0.535. The van der Waals surface area contributed by atoms with Gasteiger partial charge in [-0.15, -0.1) is 0 Å². The highest BCUT2D eigenvalue weighted by molar-refractivity contribution is 5.80. The predicted molar refractivity (Wildman–Crippen MR) is 115 cm³/mol. The zero-order valence-electron chi connectivity index (χ0n) is 17.4. The van der Waals surface area contributed by atoms with Gasteiger partial charge in [0.15, 0.2) is 0 Å². The van der Waals surface area contributed by atoms with E-state index in [1.807, 2.05) is 30.3 Å². The molecule has 2 amide bonds. The fraction of sp³-hybridized carbons (Fsp3) is 0.348. The van der Waals surface area contributed by atoms with E-state index in [0.29, 0.717) is 32.8 Å². The summed E-state index contributed by atoms with van der Waals surface area (Å²) in [6, 6.07) is 14.4. The normalized spacial score (nSPS) is 16.1. The molecule has 170 valence electrons. The number of carbonyl (C=O) groups excluding carboxylic acids is 1. The molecule has 1 aliphatic heterocycles. The number of morpholine rings is 1. The molecule has 0 saturated carbocycles. The highest BCUT2D eigenvalue weighted by Gasteiger charge is 2.31. The lowest BCUT2D eigenvalue weighted by atomic mass is 10.0. The number of nitrogens with zero attached hydrogens (tertiary/aromatic N) is 1. The van der Waals surface area contributed by atoms with Crippen LogP contribution >= 0.6 is 0 Å². The molecule has 0 radical (unpaired) electrons. The number of para-hydroxylation sites is 1. The predicted octanol–water partition coefficient (Wildman–Crippen LogP) is 4.06. The molecule has 3 aromatic rings. The highest BCUT2D eigenvalue weighted by atomic mass is 19.4. The number of halogens is 3. The fourth-order valence-corrected chi connectivity index (χ4v) is 3.90. The molecule has 0 bridgehead atoms. The van der Waals surface area contributed by atoms with Crippen molar-refractivity contribution in [1.82, 2.24) is 20.5 Å². The molecule has 1 saturated heterocycles. The first kappa shape index (κ1) is 22.2. The van der Waals surface area contributed by atoms with Gasteiger partial charge in [-0.1, -0.05) is 30.3 Å². The first-order valence-electron chi connectivity index (χ1n) is 10.5. The lowest BCUT2D eigenvalue weighted by Crippen LogP contribution is -2.45. The maximum atomic E-state index is 12.9. The molecule has 1 unspecified atom stereocenters. The van der Waals surface area contributed by atoms with Crippen LogP contribution in [0.25, 0.3) is 10.9 Å². The second kappa shape index (κ2) is 9.62. The van der Waals surface area contributed by atoms with Gasteiger partial charge in [0.25, 0.3) is 0 Å². The Kier molecular flexibility index (Phi) is 6.66. The molecule has 9 heteroatoms. The van der Waals surface area contributed by atoms with Gasteiger partial charge >= 0.3 is 12.2 Å². The number of H-pyrrole nitrogens is 1. The number of aromatic amines is 1. The number of benzene rings is 2. The molecule has 2 heterocycles. The highest BCUT2D eigenvalue weighted by Crippen LogP contribution is 2.31. The van der Waals surface area contributed by atoms with E-state index in [4.69, 9.17) is 4.74 Å². The number of amides is 2. The van der Waals surface area contributed by atoms with Crippen molar-refractivity contribution in [2.75, 3.05) is 32.8 Å². The monoisotopic (exact) mass is 446 g/mol. The summed E-state index contributed by atoms with van der Waals surface area (Å²) in [4.78, 5) is 17.8. The average molecular weight is 446 g/mol. The van der Waals surface area contributed by atoms with Gasteiger partial charge in [-0.3, -0.25) is 4.90 Å². The van der Waals surface area contributed by atoms with Crippen molar-refractivity contribution in [3.63, 3.8) is 0 Å². The molecule has 1 aromatic heterocycles. The second-order valence-electron chi connectivity index (χ2n) is 7.73. The molecular weight excluding hydrogens is 421 g/mol. The Morgan fingerprint density at radius 1 is 1.06 bits per heavy atom. The Balaban J connectivity index is 1.38. The third-order valence-corrected chi connectivity index (χ3v) is 5.59. The lowest BCUT2D eigenvalue weighted by molar-refractivity contribution is -0.137. The number of nitrogens with one attached hydrogen (secondary N) is 3. The molecular formula is C23H25F3N4O2. The van der Waals surface area contributed by atoms with Crippen molar-refractivity contribution in [3.05, 3.63) is 71.4 Å². The number of aromatic nitrogens is 1. The Morgan fingerprint density at radius 3 is 2.47 bits per heavy atom. The minimum atomic E-state index is -4.38. The van der Waals surface area contributed by atoms with Crippen molar-refractivity contribution in [2.45, 2.75) is 18.8 Å². The Morgan fingerprint density at radius 2 is 1.78 bits per heavy atom. The van der Waals surface area contributed by atoms with E-state index in [9.17, 15) is 18.0 Å². The van der Waals surface area contributed by atoms with E-state index in [2.05, 4.69) is 20.5 Å². The van der Waals surface area contributed by atoms with Crippen LogP contribution < -0.4 is 10.6 Å². The van der Waals surface area contributed by atoms with E-state index in [1.165, 1.54) is 12.1 Å². The molecule has 3 N–H and O–H groups in total. The minimum Gasteiger partial charge on any atom is -0.379 e. The third-order valence-electron chi connectivity index (χ3n) is 5.59. The number of hydrogen-bond acceptors (Lipinski definition) is 3. The summed E-state index contributed by atoms with van der Waals surface area (Å²) in [6.07, 6.45) is -4.38. The Bertz CT molecular complexity index is 1010. The summed E-state index contributed by atoms with van der Waals surface area (Å²) < 4.78 is 44.2. The maximum absolute atomic E-state index is 12.9. The summed E-state index contributed by atoms with van der Waals surface area (Å²) in [5, 5.41) is 6.75. The van der Waals surface area contributed by atoms with Gasteiger partial charge in [0.05, 0.1) is 31.4 Å². The molecule has 1 aliphatic rings. The molecule has 0 spiro atoms. The second-order valence-corrected chi connectivity index (χ2v) is 7.73. The summed E-state index contributed by atoms with van der Waals surface area (Å²) >= 11 is 0. The van der Waals surface area contributed by atoms with Crippen LogP contribution in [0.1, 0.15) is 22.9 Å². The number of hydrogen-bond donors (Lipinski definition) is 3. The van der Waals surface area contributed by atoms with E-state index >= 15 is 0 Å². The molecule has 32 heavy (non-hydrogen) atoms. The van der Waals surface area contributed by atoms with Crippen molar-refractivity contribution in [1.29, 1.82) is 0 Å². The zero-order chi connectivity index (χ0) is 22.6. The maximum Gasteiger partial charge on any atom is 0.416 e. The van der Waals surface area contributed by atoms with Crippen LogP contribution in [0.15, 0.2) is 54.6 Å². The summed E-state index contributed by atoms with van der Waals surface area (Å²) in [7, 11) is 0. The van der Waals surface area contributed by atoms with Gasteiger partial charge < -0.3 is 20.4 Å².